The molecule has 1 heterocycles. The molecule has 1 aromatic heterocycles. The number of nitrogens with zero attached hydrogens (tertiary/aromatic N) is 3. The van der Waals surface area contributed by atoms with Crippen molar-refractivity contribution in [3.63, 3.8) is 0 Å². The number of benzene rings is 1. The maximum Gasteiger partial charge on any atom is 0.169 e. The zero-order chi connectivity index (χ0) is 19.5. The molecule has 0 radical (unpaired) electrons. The molecule has 6 heteroatoms. The first-order valence-electron chi connectivity index (χ1n) is 10.0. The highest BCUT2D eigenvalue weighted by molar-refractivity contribution is 5.65. The van der Waals surface area contributed by atoms with E-state index >= 15 is 0 Å². The molecular weight excluding hydrogens is 342 g/mol. The maximum atomic E-state index is 10.4. The third-order valence-electron chi connectivity index (χ3n) is 4.18. The molecule has 2 rings (SSSR count). The lowest BCUT2D eigenvalue weighted by atomic mass is 10.1. The van der Waals surface area contributed by atoms with Gasteiger partial charge in [0.15, 0.2) is 11.6 Å². The minimum atomic E-state index is 0.0701. The van der Waals surface area contributed by atoms with E-state index in [4.69, 9.17) is 9.78 Å². The van der Waals surface area contributed by atoms with Gasteiger partial charge < -0.3 is 9.99 Å². The van der Waals surface area contributed by atoms with Crippen molar-refractivity contribution in [2.45, 2.75) is 72.1 Å². The van der Waals surface area contributed by atoms with Crippen LogP contribution in [0.3, 0.4) is 0 Å². The van der Waals surface area contributed by atoms with Gasteiger partial charge >= 0.3 is 0 Å². The second-order valence-corrected chi connectivity index (χ2v) is 6.64. The molecule has 6 nitrogen and oxygen atoms in total. The van der Waals surface area contributed by atoms with E-state index in [9.17, 15) is 5.11 Å². The summed E-state index contributed by atoms with van der Waals surface area (Å²) >= 11 is 0. The molecule has 0 bridgehead atoms. The molecule has 0 spiro atoms. The summed E-state index contributed by atoms with van der Waals surface area (Å²) < 4.78 is 0. The Morgan fingerprint density at radius 3 is 2.04 bits per heavy atom. The minimum absolute atomic E-state index is 0.0701. The lowest BCUT2D eigenvalue weighted by molar-refractivity contribution is -0.207. The average molecular weight is 373 g/mol. The number of unbranched alkanes of at least 4 members (excludes halogenated alkanes) is 3. The average Bonchev–Trinajstić information content (AvgIpc) is 2.68. The molecule has 0 aliphatic rings. The Morgan fingerprint density at radius 1 is 0.852 bits per heavy atom. The Kier molecular flexibility index (Phi) is 8.98. The molecule has 27 heavy (non-hydrogen) atoms. The summed E-state index contributed by atoms with van der Waals surface area (Å²) in [5, 5.41) is 10.4. The van der Waals surface area contributed by atoms with Crippen molar-refractivity contribution in [1.29, 1.82) is 0 Å². The third-order valence-corrected chi connectivity index (χ3v) is 4.18. The van der Waals surface area contributed by atoms with Gasteiger partial charge in [-0.2, -0.15) is 4.89 Å². The molecule has 2 aromatic rings. The van der Waals surface area contributed by atoms with Crippen molar-refractivity contribution in [1.82, 2.24) is 15.0 Å². The van der Waals surface area contributed by atoms with E-state index in [-0.39, 0.29) is 5.75 Å². The molecule has 0 unspecified atom stereocenters. The van der Waals surface area contributed by atoms with Gasteiger partial charge in [0.05, 0.1) is 12.2 Å². The highest BCUT2D eigenvalue weighted by atomic mass is 17.2. The van der Waals surface area contributed by atoms with Gasteiger partial charge in [-0.25, -0.2) is 15.0 Å². The van der Waals surface area contributed by atoms with Crippen LogP contribution in [0.25, 0.3) is 11.4 Å². The maximum absolute atomic E-state index is 10.4. The molecule has 0 aliphatic carbocycles. The molecule has 0 saturated heterocycles. The zero-order valence-electron chi connectivity index (χ0n) is 16.7. The topological polar surface area (TPSA) is 77.4 Å². The largest absolute Gasteiger partial charge is 0.507 e. The van der Waals surface area contributed by atoms with Crippen LogP contribution < -0.4 is 4.89 Å². The van der Waals surface area contributed by atoms with Crippen LogP contribution in [0.5, 0.6) is 11.5 Å². The summed E-state index contributed by atoms with van der Waals surface area (Å²) in [7, 11) is 0. The molecule has 148 valence electrons. The Morgan fingerprint density at radius 2 is 1.48 bits per heavy atom. The highest BCUT2D eigenvalue weighted by Gasteiger charge is 2.13. The summed E-state index contributed by atoms with van der Waals surface area (Å²) in [6.07, 6.45) is 7.83. The van der Waals surface area contributed by atoms with Crippen LogP contribution in [0.2, 0.25) is 0 Å². The third kappa shape index (κ3) is 6.79. The summed E-state index contributed by atoms with van der Waals surface area (Å²) in [6.45, 7) is 6.90. The Hall–Kier alpha value is -2.21. The monoisotopic (exact) mass is 373 g/mol. The lowest BCUT2D eigenvalue weighted by Crippen LogP contribution is -2.06. The van der Waals surface area contributed by atoms with Crippen LogP contribution >= 0.6 is 0 Å². The number of aromatic nitrogens is 3. The number of hydrogen-bond donors (Lipinski definition) is 1. The first-order valence-corrected chi connectivity index (χ1v) is 10.0. The van der Waals surface area contributed by atoms with E-state index in [0.29, 0.717) is 23.7 Å². The van der Waals surface area contributed by atoms with Gasteiger partial charge in [0.1, 0.15) is 17.4 Å². The van der Waals surface area contributed by atoms with Gasteiger partial charge in [0.2, 0.25) is 0 Å². The van der Waals surface area contributed by atoms with Crippen LogP contribution in [0.15, 0.2) is 18.2 Å². The van der Waals surface area contributed by atoms with Crippen LogP contribution in [-0.4, -0.2) is 26.7 Å². The van der Waals surface area contributed by atoms with Crippen molar-refractivity contribution < 1.29 is 14.9 Å². The lowest BCUT2D eigenvalue weighted by Gasteiger charge is -2.10. The molecule has 0 atom stereocenters. The predicted molar refractivity (Wildman–Crippen MR) is 106 cm³/mol. The molecule has 0 saturated carbocycles. The van der Waals surface area contributed by atoms with Crippen LogP contribution in [0.1, 0.15) is 70.9 Å². The Bertz CT molecular complexity index is 681. The number of hydrogen-bond acceptors (Lipinski definition) is 6. The Labute approximate surface area is 161 Å². The van der Waals surface area contributed by atoms with Gasteiger partial charge in [-0.15, -0.1) is 0 Å². The van der Waals surface area contributed by atoms with Crippen LogP contribution in [0.4, 0.5) is 0 Å². The van der Waals surface area contributed by atoms with Crippen LogP contribution in [-0.2, 0) is 17.7 Å². The van der Waals surface area contributed by atoms with Crippen molar-refractivity contribution in [3.05, 3.63) is 29.8 Å². The quantitative estimate of drug-likeness (QED) is 0.319. The van der Waals surface area contributed by atoms with Gasteiger partial charge in [-0.1, -0.05) is 40.0 Å². The van der Waals surface area contributed by atoms with Crippen molar-refractivity contribution in [2.75, 3.05) is 6.61 Å². The molecular formula is C21H31N3O3. The fraction of sp³-hybridized carbons (Fsp3) is 0.571. The fourth-order valence-electron chi connectivity index (χ4n) is 2.55. The summed E-state index contributed by atoms with van der Waals surface area (Å²) in [5.74, 6) is 2.61. The first kappa shape index (κ1) is 21.1. The number of aromatic hydroxyl groups is 1. The predicted octanol–water partition coefficient (Wildman–Crippen LogP) is 5.04. The molecule has 1 N–H and O–H groups in total. The normalized spacial score (nSPS) is 10.9. The zero-order valence-corrected chi connectivity index (χ0v) is 16.7. The Balaban J connectivity index is 2.21. The number of phenols is 1. The minimum Gasteiger partial charge on any atom is -0.507 e. The number of rotatable bonds is 12. The van der Waals surface area contributed by atoms with E-state index in [0.717, 1.165) is 63.0 Å². The van der Waals surface area contributed by atoms with E-state index in [1.54, 1.807) is 12.1 Å². The summed E-state index contributed by atoms with van der Waals surface area (Å²) in [4.78, 5) is 24.1. The van der Waals surface area contributed by atoms with E-state index in [1.807, 2.05) is 0 Å². The molecule has 1 aromatic carbocycles. The first-order chi connectivity index (χ1) is 13.2. The van der Waals surface area contributed by atoms with Crippen molar-refractivity contribution >= 4 is 0 Å². The standard InChI is InChI=1S/C21H31N3O3/c1-4-7-10-19-22-20(11-8-5-2)24-21(23-19)17-13-12-16(15-18(17)25)27-26-14-9-6-3/h12-13,15,25H,4-11,14H2,1-3H3. The van der Waals surface area contributed by atoms with Crippen molar-refractivity contribution in [3.8, 4) is 22.9 Å². The molecule has 0 fully saturated rings. The SMILES string of the molecule is CCCCOOc1ccc(-c2nc(CCCC)nc(CCCC)n2)c(O)c1. The molecule has 0 amide bonds. The number of phenolic OH excluding ortho intramolecular Hbond substituents is 1. The molecule has 0 aliphatic heterocycles. The number of aryl methyl sites for hydroxylation is 2. The highest BCUT2D eigenvalue weighted by Crippen LogP contribution is 2.30. The van der Waals surface area contributed by atoms with Gasteiger partial charge in [-0.05, 0) is 31.4 Å². The second-order valence-electron chi connectivity index (χ2n) is 6.64. The van der Waals surface area contributed by atoms with E-state index in [2.05, 4.69) is 35.7 Å². The van der Waals surface area contributed by atoms with E-state index in [1.165, 1.54) is 6.07 Å². The van der Waals surface area contributed by atoms with Crippen LogP contribution in [0, 0.1) is 0 Å². The van der Waals surface area contributed by atoms with Gasteiger partial charge in [0, 0.05) is 18.9 Å². The smallest absolute Gasteiger partial charge is 0.169 e. The van der Waals surface area contributed by atoms with Gasteiger partial charge in [0.25, 0.3) is 0 Å². The van der Waals surface area contributed by atoms with Gasteiger partial charge in [-0.3, -0.25) is 0 Å². The van der Waals surface area contributed by atoms with Crippen molar-refractivity contribution in [2.24, 2.45) is 0 Å². The fourth-order valence-corrected chi connectivity index (χ4v) is 2.55. The van der Waals surface area contributed by atoms with E-state index < -0.39 is 0 Å². The second kappa shape index (κ2) is 11.5. The summed E-state index contributed by atoms with van der Waals surface area (Å²) in [6, 6.07) is 5.04. The summed E-state index contributed by atoms with van der Waals surface area (Å²) in [5.41, 5.74) is 0.578.